The van der Waals surface area contributed by atoms with Gasteiger partial charge in [-0.25, -0.2) is 0 Å². The van der Waals surface area contributed by atoms with Crippen LogP contribution in [0, 0.1) is 3.57 Å². The number of ether oxygens (including phenoxy) is 1. The van der Waals surface area contributed by atoms with E-state index in [1.54, 1.807) is 0 Å². The van der Waals surface area contributed by atoms with Crippen molar-refractivity contribution in [2.75, 3.05) is 19.0 Å². The molecule has 0 radical (unpaired) electrons. The maximum absolute atomic E-state index is 12.4. The van der Waals surface area contributed by atoms with E-state index in [1.807, 2.05) is 36.1 Å². The van der Waals surface area contributed by atoms with Crippen LogP contribution in [0.25, 0.3) is 0 Å². The molecule has 2 rings (SSSR count). The van der Waals surface area contributed by atoms with E-state index in [1.165, 1.54) is 0 Å². The molecule has 1 aliphatic rings. The molecule has 3 nitrogen and oxygen atoms in total. The lowest BCUT2D eigenvalue weighted by atomic mass is 10.1. The second kappa shape index (κ2) is 6.21. The van der Waals surface area contributed by atoms with Gasteiger partial charge >= 0.3 is 0 Å². The van der Waals surface area contributed by atoms with Crippen molar-refractivity contribution < 1.29 is 9.53 Å². The Bertz CT molecular complexity index is 441. The molecule has 1 fully saturated rings. The van der Waals surface area contributed by atoms with Gasteiger partial charge in [0.2, 0.25) is 0 Å². The largest absolute Gasteiger partial charge is 0.370 e. The van der Waals surface area contributed by atoms with Crippen LogP contribution >= 0.6 is 34.2 Å². The molecule has 1 amide bonds. The van der Waals surface area contributed by atoms with E-state index in [0.717, 1.165) is 9.13 Å². The average molecular weight is 380 g/mol. The van der Waals surface area contributed by atoms with Gasteiger partial charge in [0.1, 0.15) is 0 Å². The fourth-order valence-electron chi connectivity index (χ4n) is 2.10. The maximum atomic E-state index is 12.4. The van der Waals surface area contributed by atoms with Crippen LogP contribution in [-0.4, -0.2) is 42.0 Å². The number of morpholine rings is 1. The number of amides is 1. The van der Waals surface area contributed by atoms with Crippen molar-refractivity contribution in [1.29, 1.82) is 0 Å². The van der Waals surface area contributed by atoms with Gasteiger partial charge in [0, 0.05) is 22.2 Å². The Balaban J connectivity index is 2.13. The van der Waals surface area contributed by atoms with Crippen LogP contribution in [0.2, 0.25) is 0 Å². The molecule has 98 valence electrons. The molecule has 0 aliphatic carbocycles. The molecule has 0 N–H and O–H groups in total. The summed E-state index contributed by atoms with van der Waals surface area (Å²) in [7, 11) is 0. The zero-order valence-corrected chi connectivity index (χ0v) is 13.0. The van der Waals surface area contributed by atoms with Crippen molar-refractivity contribution in [1.82, 2.24) is 4.90 Å². The third-order valence-corrected chi connectivity index (χ3v) is 3.87. The summed E-state index contributed by atoms with van der Waals surface area (Å²) in [5.41, 5.74) is 0.726. The first-order chi connectivity index (χ1) is 8.60. The van der Waals surface area contributed by atoms with Gasteiger partial charge in [-0.3, -0.25) is 4.79 Å². The third-order valence-electron chi connectivity index (χ3n) is 2.86. The van der Waals surface area contributed by atoms with Gasteiger partial charge in [-0.05, 0) is 47.7 Å². The molecule has 1 aliphatic heterocycles. The Labute approximate surface area is 126 Å². The minimum Gasteiger partial charge on any atom is -0.370 e. The molecular formula is C13H15ClINO2. The SMILES string of the molecule is CC1CN(C(=O)c2cccc(I)c2)CC(CCl)O1. The van der Waals surface area contributed by atoms with Crippen molar-refractivity contribution in [2.45, 2.75) is 19.1 Å². The number of carbonyl (C=O) groups excluding carboxylic acids is 1. The van der Waals surface area contributed by atoms with Crippen LogP contribution < -0.4 is 0 Å². The summed E-state index contributed by atoms with van der Waals surface area (Å²) in [6, 6.07) is 7.62. The van der Waals surface area contributed by atoms with Crippen molar-refractivity contribution in [2.24, 2.45) is 0 Å². The average Bonchev–Trinajstić information content (AvgIpc) is 2.37. The van der Waals surface area contributed by atoms with Gasteiger partial charge in [-0.1, -0.05) is 6.07 Å². The minimum atomic E-state index is -0.0675. The standard InChI is InChI=1S/C13H15ClINO2/c1-9-7-16(8-12(6-14)18-9)13(17)10-3-2-4-11(15)5-10/h2-5,9,12H,6-8H2,1H3. The number of halogens is 2. The van der Waals surface area contributed by atoms with E-state index in [4.69, 9.17) is 16.3 Å². The van der Waals surface area contributed by atoms with Crippen molar-refractivity contribution >= 4 is 40.1 Å². The number of alkyl halides is 1. The highest BCUT2D eigenvalue weighted by atomic mass is 127. The van der Waals surface area contributed by atoms with Crippen LogP contribution in [-0.2, 0) is 4.74 Å². The zero-order chi connectivity index (χ0) is 13.1. The summed E-state index contributed by atoms with van der Waals surface area (Å²) in [5, 5.41) is 0. The summed E-state index contributed by atoms with van der Waals surface area (Å²) >= 11 is 8.03. The van der Waals surface area contributed by atoms with E-state index < -0.39 is 0 Å². The predicted octanol–water partition coefficient (Wildman–Crippen LogP) is 2.76. The normalized spacial score (nSPS) is 24.1. The molecule has 0 bridgehead atoms. The summed E-state index contributed by atoms with van der Waals surface area (Å²) in [6.45, 7) is 3.16. The highest BCUT2D eigenvalue weighted by Gasteiger charge is 2.28. The fourth-order valence-corrected chi connectivity index (χ4v) is 2.81. The molecular weight excluding hydrogens is 365 g/mol. The van der Waals surface area contributed by atoms with Crippen molar-refractivity contribution in [3.63, 3.8) is 0 Å². The van der Waals surface area contributed by atoms with Crippen molar-refractivity contribution in [3.8, 4) is 0 Å². The quantitative estimate of drug-likeness (QED) is 0.584. The second-order valence-electron chi connectivity index (χ2n) is 4.44. The maximum Gasteiger partial charge on any atom is 0.254 e. The van der Waals surface area contributed by atoms with E-state index in [2.05, 4.69) is 22.6 Å². The molecule has 1 heterocycles. The van der Waals surface area contributed by atoms with Gasteiger partial charge in [0.05, 0.1) is 18.1 Å². The van der Waals surface area contributed by atoms with Gasteiger partial charge in [0.15, 0.2) is 0 Å². The lowest BCUT2D eigenvalue weighted by molar-refractivity contribution is -0.0570. The summed E-state index contributed by atoms with van der Waals surface area (Å²) in [5.74, 6) is 0.472. The van der Waals surface area contributed by atoms with E-state index in [9.17, 15) is 4.79 Å². The van der Waals surface area contributed by atoms with Crippen molar-refractivity contribution in [3.05, 3.63) is 33.4 Å². The monoisotopic (exact) mass is 379 g/mol. The van der Waals surface area contributed by atoms with E-state index in [0.29, 0.717) is 19.0 Å². The Morgan fingerprint density at radius 2 is 2.33 bits per heavy atom. The van der Waals surface area contributed by atoms with Crippen LogP contribution in [0.3, 0.4) is 0 Å². The Morgan fingerprint density at radius 3 is 3.00 bits per heavy atom. The molecule has 5 heteroatoms. The minimum absolute atomic E-state index is 0.0363. The smallest absolute Gasteiger partial charge is 0.254 e. The molecule has 0 aromatic heterocycles. The Hall–Kier alpha value is -0.330. The number of hydrogen-bond donors (Lipinski definition) is 0. The fraction of sp³-hybridized carbons (Fsp3) is 0.462. The molecule has 2 unspecified atom stereocenters. The molecule has 2 atom stereocenters. The summed E-state index contributed by atoms with van der Waals surface area (Å²) in [6.07, 6.45) is -0.0311. The van der Waals surface area contributed by atoms with Crippen LogP contribution in [0.5, 0.6) is 0 Å². The number of nitrogens with zero attached hydrogens (tertiary/aromatic N) is 1. The van der Waals surface area contributed by atoms with Crippen LogP contribution in [0.4, 0.5) is 0 Å². The predicted molar refractivity (Wildman–Crippen MR) is 80.1 cm³/mol. The first-order valence-corrected chi connectivity index (χ1v) is 7.47. The van der Waals surface area contributed by atoms with Crippen LogP contribution in [0.1, 0.15) is 17.3 Å². The van der Waals surface area contributed by atoms with E-state index in [-0.39, 0.29) is 18.1 Å². The molecule has 1 saturated heterocycles. The van der Waals surface area contributed by atoms with Gasteiger partial charge in [-0.15, -0.1) is 11.6 Å². The number of carbonyl (C=O) groups is 1. The Morgan fingerprint density at radius 1 is 1.56 bits per heavy atom. The second-order valence-corrected chi connectivity index (χ2v) is 6.00. The molecule has 0 saturated carbocycles. The van der Waals surface area contributed by atoms with Gasteiger partial charge in [-0.2, -0.15) is 0 Å². The van der Waals surface area contributed by atoms with Gasteiger partial charge in [0.25, 0.3) is 5.91 Å². The Kier molecular flexibility index (Phi) is 4.86. The molecule has 18 heavy (non-hydrogen) atoms. The van der Waals surface area contributed by atoms with Crippen LogP contribution in [0.15, 0.2) is 24.3 Å². The van der Waals surface area contributed by atoms with Gasteiger partial charge < -0.3 is 9.64 Å². The molecule has 1 aromatic carbocycles. The molecule has 0 spiro atoms. The van der Waals surface area contributed by atoms with E-state index >= 15 is 0 Å². The first kappa shape index (κ1) is 14.1. The first-order valence-electron chi connectivity index (χ1n) is 5.86. The lowest BCUT2D eigenvalue weighted by Crippen LogP contribution is -2.49. The summed E-state index contributed by atoms with van der Waals surface area (Å²) in [4.78, 5) is 14.2. The zero-order valence-electron chi connectivity index (χ0n) is 10.1. The third kappa shape index (κ3) is 3.36. The lowest BCUT2D eigenvalue weighted by Gasteiger charge is -2.36. The number of rotatable bonds is 2. The number of benzene rings is 1. The number of hydrogen-bond acceptors (Lipinski definition) is 2. The summed E-state index contributed by atoms with van der Waals surface area (Å²) < 4.78 is 6.71. The highest BCUT2D eigenvalue weighted by Crippen LogP contribution is 2.16. The topological polar surface area (TPSA) is 29.5 Å². The highest BCUT2D eigenvalue weighted by molar-refractivity contribution is 14.1. The molecule has 1 aromatic rings.